The van der Waals surface area contributed by atoms with E-state index in [9.17, 15) is 0 Å². The monoisotopic (exact) mass is 932 g/mol. The zero-order chi connectivity index (χ0) is 39.6. The molecule has 0 spiro atoms. The summed E-state index contributed by atoms with van der Waals surface area (Å²) in [6.07, 6.45) is 0. The molecule has 276 valence electrons. The lowest BCUT2D eigenvalue weighted by Gasteiger charge is -2.27. The fourth-order valence-corrected chi connectivity index (χ4v) is 10.2. The third-order valence-electron chi connectivity index (χ3n) is 10.9. The number of hydrogen-bond acceptors (Lipinski definition) is 0. The van der Waals surface area contributed by atoms with Gasteiger partial charge in [0.05, 0.1) is 0 Å². The second-order valence-electron chi connectivity index (χ2n) is 14.4. The van der Waals surface area contributed by atoms with Crippen LogP contribution in [0.15, 0.2) is 220 Å². The van der Waals surface area contributed by atoms with Crippen molar-refractivity contribution in [1.82, 2.24) is 0 Å². The minimum atomic E-state index is 1.02. The van der Waals surface area contributed by atoms with Crippen molar-refractivity contribution in [3.8, 4) is 89.0 Å². The Labute approximate surface area is 367 Å². The van der Waals surface area contributed by atoms with Gasteiger partial charge < -0.3 is 0 Å². The molecule has 0 aliphatic carbocycles. The van der Waals surface area contributed by atoms with Crippen molar-refractivity contribution in [3.05, 3.63) is 220 Å². The molecule has 0 aromatic heterocycles. The molecule has 9 rings (SSSR count). The molecule has 0 atom stereocenters. The van der Waals surface area contributed by atoms with Crippen LogP contribution in [0.25, 0.3) is 89.0 Å². The minimum Gasteiger partial charge on any atom is -0.0722 e. The first-order valence-corrected chi connectivity index (χ1v) is 21.7. The van der Waals surface area contributed by atoms with Crippen LogP contribution in [-0.2, 0) is 0 Å². The summed E-state index contributed by atoms with van der Waals surface area (Å²) < 4.78 is 3.09. The van der Waals surface area contributed by atoms with Crippen LogP contribution >= 0.6 is 47.8 Å². The van der Waals surface area contributed by atoms with E-state index < -0.39 is 0 Å². The van der Waals surface area contributed by atoms with E-state index in [0.29, 0.717) is 0 Å². The van der Waals surface area contributed by atoms with E-state index in [0.717, 1.165) is 46.8 Å². The molecule has 0 fully saturated rings. The predicted molar refractivity (Wildman–Crippen MR) is 261 cm³/mol. The van der Waals surface area contributed by atoms with Crippen molar-refractivity contribution in [3.63, 3.8) is 0 Å². The van der Waals surface area contributed by atoms with Crippen molar-refractivity contribution in [1.29, 1.82) is 0 Å². The van der Waals surface area contributed by atoms with E-state index in [4.69, 9.17) is 0 Å². The summed E-state index contributed by atoms with van der Waals surface area (Å²) in [5.74, 6) is 0. The van der Waals surface area contributed by atoms with Crippen LogP contribution in [0.3, 0.4) is 0 Å². The molecule has 0 bridgehead atoms. The predicted octanol–water partition coefficient (Wildman–Crippen LogP) is 15.6. The van der Waals surface area contributed by atoms with Crippen molar-refractivity contribution >= 4 is 61.1 Å². The van der Waals surface area contributed by atoms with Gasteiger partial charge in [-0.25, -0.2) is 0 Å². The van der Waals surface area contributed by atoms with E-state index >= 15 is 0 Å². The largest absolute Gasteiger partial charge is 0.140 e. The van der Waals surface area contributed by atoms with Gasteiger partial charge in [0, 0.05) is 24.5 Å². The Balaban J connectivity index is 1.41. The summed E-state index contributed by atoms with van der Waals surface area (Å²) in [6.45, 7) is 0. The maximum atomic E-state index is 4.37. The van der Waals surface area contributed by atoms with Gasteiger partial charge in [-0.2, -0.15) is 0 Å². The average Bonchev–Trinajstić information content (AvgIpc) is 3.28. The first-order valence-electron chi connectivity index (χ1n) is 19.3. The summed E-state index contributed by atoms with van der Waals surface area (Å²) in [6, 6.07) is 73.8. The summed E-state index contributed by atoms with van der Waals surface area (Å²) in [7, 11) is 2.30. The fraction of sp³-hybridized carbons (Fsp3) is 0. The highest BCUT2D eigenvalue weighted by Gasteiger charge is 2.28. The van der Waals surface area contributed by atoms with Crippen molar-refractivity contribution < 1.29 is 0 Å². The Morgan fingerprint density at radius 2 is 0.534 bits per heavy atom. The lowest BCUT2D eigenvalue weighted by Crippen LogP contribution is -2.16. The highest BCUT2D eigenvalue weighted by Crippen LogP contribution is 2.52. The van der Waals surface area contributed by atoms with Crippen LogP contribution in [-0.4, -0.2) is 7.85 Å². The first kappa shape index (κ1) is 38.0. The first-order chi connectivity index (χ1) is 28.5. The Morgan fingerprint density at radius 3 is 0.879 bits per heavy atom. The molecule has 0 N–H and O–H groups in total. The van der Waals surface area contributed by atoms with Crippen molar-refractivity contribution in [2.24, 2.45) is 0 Å². The fourth-order valence-electron chi connectivity index (χ4n) is 8.23. The van der Waals surface area contributed by atoms with E-state index in [1.54, 1.807) is 0 Å². The molecule has 0 heterocycles. The van der Waals surface area contributed by atoms with Gasteiger partial charge in [-0.15, -0.1) is 0 Å². The molecular weight excluding hydrogens is 899 g/mol. The van der Waals surface area contributed by atoms with Gasteiger partial charge in [-0.1, -0.05) is 219 Å². The lowest BCUT2D eigenvalue weighted by atomic mass is 9.73. The molecule has 0 aliphatic rings. The van der Waals surface area contributed by atoms with Gasteiger partial charge in [0.1, 0.15) is 7.85 Å². The summed E-state index contributed by atoms with van der Waals surface area (Å²) >= 11 is 12.7. The third kappa shape index (κ3) is 7.26. The maximum Gasteiger partial charge on any atom is 0.140 e. The molecule has 0 aliphatic heterocycles. The van der Waals surface area contributed by atoms with Crippen LogP contribution in [0.5, 0.6) is 0 Å². The molecule has 0 radical (unpaired) electrons. The second kappa shape index (κ2) is 16.8. The molecular formula is C54H36BBr3. The zero-order valence-electron chi connectivity index (χ0n) is 31.8. The molecule has 0 saturated carbocycles. The van der Waals surface area contributed by atoms with Crippen molar-refractivity contribution in [2.45, 2.75) is 0 Å². The highest BCUT2D eigenvalue weighted by atomic mass is 79.9. The number of benzene rings is 9. The Bertz CT molecular complexity index is 2680. The van der Waals surface area contributed by atoms with Gasteiger partial charge in [0.25, 0.3) is 0 Å². The zero-order valence-corrected chi connectivity index (χ0v) is 36.5. The Kier molecular flexibility index (Phi) is 11.0. The van der Waals surface area contributed by atoms with Gasteiger partial charge in [-0.05, 0) is 118 Å². The van der Waals surface area contributed by atoms with Crippen LogP contribution in [0.4, 0.5) is 0 Å². The summed E-state index contributed by atoms with van der Waals surface area (Å²) in [5.41, 5.74) is 19.7. The van der Waals surface area contributed by atoms with Crippen LogP contribution in [0.1, 0.15) is 0 Å². The quantitative estimate of drug-likeness (QED) is 0.133. The Hall–Kier alpha value is -5.52. The molecule has 0 nitrogen and oxygen atoms in total. The van der Waals surface area contributed by atoms with E-state index in [1.165, 1.54) is 61.1 Å². The third-order valence-corrected chi connectivity index (χ3v) is 13.0. The van der Waals surface area contributed by atoms with Crippen LogP contribution in [0, 0.1) is 0 Å². The Morgan fingerprint density at radius 1 is 0.259 bits per heavy atom. The standard InChI is InChI=1S/C54H36BBr3/c55-53-49(39-27-15-5-16-28-39)52(46-32-42(36-21-9-2-10-22-36)44(34-48(46)57)38-25-13-4-14-26-38)54(58)50(40-29-17-6-18-30-40)51(53)45-31-41(35-19-7-1-8-20-35)43(33-47(45)56)37-23-11-3-12-24-37/h1-34H,55H2. The lowest BCUT2D eigenvalue weighted by molar-refractivity contribution is 1.50. The normalized spacial score (nSPS) is 11.1. The van der Waals surface area contributed by atoms with Gasteiger partial charge in [0.15, 0.2) is 0 Å². The molecule has 0 amide bonds. The van der Waals surface area contributed by atoms with Gasteiger partial charge >= 0.3 is 0 Å². The van der Waals surface area contributed by atoms with Gasteiger partial charge in [-0.3, -0.25) is 0 Å². The summed E-state index contributed by atoms with van der Waals surface area (Å²) in [5, 5.41) is 0. The maximum absolute atomic E-state index is 4.37. The van der Waals surface area contributed by atoms with Crippen LogP contribution in [0.2, 0.25) is 0 Å². The SMILES string of the molecule is Bc1c(-c2ccccc2)c(-c2cc(-c3ccccc3)c(-c3ccccc3)cc2Br)c(Br)c(-c2ccccc2)c1-c1cc(-c2ccccc2)c(-c2ccccc2)cc1Br. The topological polar surface area (TPSA) is 0 Å². The molecule has 58 heavy (non-hydrogen) atoms. The molecule has 4 heteroatoms. The van der Waals surface area contributed by atoms with E-state index in [2.05, 4.69) is 262 Å². The van der Waals surface area contributed by atoms with E-state index in [-0.39, 0.29) is 0 Å². The number of halogens is 3. The van der Waals surface area contributed by atoms with E-state index in [1.807, 2.05) is 0 Å². The highest BCUT2D eigenvalue weighted by molar-refractivity contribution is 9.11. The molecule has 0 unspecified atom stereocenters. The number of rotatable bonds is 8. The minimum absolute atomic E-state index is 1.02. The van der Waals surface area contributed by atoms with Crippen molar-refractivity contribution in [2.75, 3.05) is 0 Å². The molecule has 9 aromatic rings. The molecule has 9 aromatic carbocycles. The second-order valence-corrected chi connectivity index (χ2v) is 16.9. The van der Waals surface area contributed by atoms with Crippen LogP contribution < -0.4 is 5.46 Å². The summed E-state index contributed by atoms with van der Waals surface area (Å²) in [4.78, 5) is 0. The smallest absolute Gasteiger partial charge is 0.0722 e. The number of hydrogen-bond donors (Lipinski definition) is 0. The molecule has 0 saturated heterocycles. The average molecular weight is 935 g/mol. The van der Waals surface area contributed by atoms with Gasteiger partial charge in [0.2, 0.25) is 0 Å².